The molecule has 32 heavy (non-hydrogen) atoms. The number of aliphatic hydroxyl groups is 1. The van der Waals surface area contributed by atoms with Crippen molar-refractivity contribution in [3.63, 3.8) is 0 Å². The number of aliphatic carboxylic acids is 1. The van der Waals surface area contributed by atoms with Crippen molar-refractivity contribution in [1.82, 2.24) is 0 Å². The van der Waals surface area contributed by atoms with E-state index in [1.165, 1.54) is 37.3 Å². The maximum Gasteiger partial charge on any atom is 0.328 e. The van der Waals surface area contributed by atoms with Crippen LogP contribution in [0.3, 0.4) is 0 Å². The highest BCUT2D eigenvalue weighted by Gasteiger charge is 2.24. The highest BCUT2D eigenvalue weighted by molar-refractivity contribution is 9.09. The third-order valence-electron chi connectivity index (χ3n) is 4.17. The van der Waals surface area contributed by atoms with Crippen LogP contribution in [0.25, 0.3) is 15.8 Å². The first-order valence-electron chi connectivity index (χ1n) is 9.02. The van der Waals surface area contributed by atoms with Gasteiger partial charge in [-0.2, -0.15) is 0 Å². The van der Waals surface area contributed by atoms with E-state index < -0.39 is 18.1 Å². The summed E-state index contributed by atoms with van der Waals surface area (Å²) in [6.45, 7) is 18.7. The zero-order valence-electron chi connectivity index (χ0n) is 16.9. The predicted molar refractivity (Wildman–Crippen MR) is 130 cm³/mol. The first kappa shape index (κ1) is 27.4. The van der Waals surface area contributed by atoms with Crippen LogP contribution < -0.4 is 5.32 Å². The van der Waals surface area contributed by atoms with Crippen LogP contribution in [-0.2, 0) is 11.2 Å². The molecule has 0 saturated carbocycles. The summed E-state index contributed by atoms with van der Waals surface area (Å²) in [5, 5.41) is 22.2. The zero-order valence-corrected chi connectivity index (χ0v) is 20.0. The van der Waals surface area contributed by atoms with Gasteiger partial charge in [-0.05, 0) is 31.0 Å². The van der Waals surface area contributed by atoms with Crippen LogP contribution >= 0.6 is 39.1 Å². The van der Waals surface area contributed by atoms with Gasteiger partial charge in [-0.15, -0.1) is 0 Å². The van der Waals surface area contributed by atoms with E-state index in [9.17, 15) is 14.3 Å². The number of rotatable bonds is 7. The fraction of sp³-hybridized carbons (Fsp3) is 0.227. The highest BCUT2D eigenvalue weighted by atomic mass is 79.9. The number of aliphatic hydroxyl groups excluding tert-OH is 1. The number of halogens is 4. The molecule has 2 rings (SSSR count). The Labute approximate surface area is 204 Å². The summed E-state index contributed by atoms with van der Waals surface area (Å²) in [7, 11) is 0. The molecular formula is C22H19BrCl2FN3O3. The fourth-order valence-corrected chi connectivity index (χ4v) is 3.52. The van der Waals surface area contributed by atoms with E-state index in [1.54, 1.807) is 0 Å². The molecule has 2 aromatic rings. The Balaban J connectivity index is 0.000000343. The van der Waals surface area contributed by atoms with Crippen LogP contribution in [0.5, 0.6) is 0 Å². The van der Waals surface area contributed by atoms with Crippen molar-refractivity contribution in [2.24, 2.45) is 0 Å². The summed E-state index contributed by atoms with van der Waals surface area (Å²) in [6.07, 6.45) is 0.836. The Bertz CT molecular complexity index is 1080. The summed E-state index contributed by atoms with van der Waals surface area (Å²) in [5.41, 5.74) is 1.81. The van der Waals surface area contributed by atoms with Crippen molar-refractivity contribution in [2.75, 3.05) is 10.6 Å². The monoisotopic (exact) mass is 541 g/mol. The molecule has 10 heteroatoms. The molecule has 3 N–H and O–H groups in total. The molecule has 168 valence electrons. The number of anilines is 1. The van der Waals surface area contributed by atoms with Gasteiger partial charge in [0.25, 0.3) is 0 Å². The number of carbonyl (C=O) groups is 1. The third kappa shape index (κ3) is 6.94. The van der Waals surface area contributed by atoms with Crippen LogP contribution in [0.2, 0.25) is 10.0 Å². The molecule has 2 aromatic carbocycles. The van der Waals surface area contributed by atoms with Crippen LogP contribution in [0, 0.1) is 19.0 Å². The van der Waals surface area contributed by atoms with Crippen LogP contribution in [0.1, 0.15) is 18.1 Å². The maximum atomic E-state index is 13.1. The molecule has 2 atom stereocenters. The van der Waals surface area contributed by atoms with E-state index in [0.29, 0.717) is 34.3 Å². The Morgan fingerprint density at radius 3 is 2.28 bits per heavy atom. The van der Waals surface area contributed by atoms with Gasteiger partial charge in [-0.3, -0.25) is 0 Å². The molecule has 0 aliphatic heterocycles. The second-order valence-corrected chi connectivity index (χ2v) is 7.84. The largest absolute Gasteiger partial charge is 0.480 e. The number of hydrogen-bond acceptors (Lipinski definition) is 3. The van der Waals surface area contributed by atoms with Crippen molar-refractivity contribution in [2.45, 2.75) is 25.5 Å². The number of nitrogens with one attached hydrogen (secondary N) is 1. The summed E-state index contributed by atoms with van der Waals surface area (Å²) in [5.74, 6) is -1.53. The number of alkyl halides is 1. The van der Waals surface area contributed by atoms with Gasteiger partial charge in [0.1, 0.15) is 5.82 Å². The highest BCUT2D eigenvalue weighted by Crippen LogP contribution is 2.35. The minimum absolute atomic E-state index is 0.199. The second-order valence-electron chi connectivity index (χ2n) is 6.29. The number of benzene rings is 2. The summed E-state index contributed by atoms with van der Waals surface area (Å²) >= 11 is 15.0. The Morgan fingerprint density at radius 1 is 1.25 bits per heavy atom. The lowest BCUT2D eigenvalue weighted by molar-refractivity contribution is -0.140. The van der Waals surface area contributed by atoms with E-state index >= 15 is 0 Å². The normalized spacial score (nSPS) is 11.8. The van der Waals surface area contributed by atoms with Crippen LogP contribution in [0.4, 0.5) is 21.5 Å². The van der Waals surface area contributed by atoms with E-state index in [2.05, 4.69) is 37.5 Å². The topological polar surface area (TPSA) is 78.3 Å². The van der Waals surface area contributed by atoms with Gasteiger partial charge in [0, 0.05) is 16.6 Å². The van der Waals surface area contributed by atoms with Gasteiger partial charge in [0.15, 0.2) is 6.04 Å². The van der Waals surface area contributed by atoms with E-state index in [-0.39, 0.29) is 21.5 Å². The van der Waals surface area contributed by atoms with Gasteiger partial charge in [-0.1, -0.05) is 63.9 Å². The number of carboxylic acids is 1. The lowest BCUT2D eigenvalue weighted by Gasteiger charge is -2.20. The maximum absolute atomic E-state index is 13.1. The van der Waals surface area contributed by atoms with Gasteiger partial charge in [-0.25, -0.2) is 18.9 Å². The zero-order chi connectivity index (χ0) is 24.4. The molecule has 0 heterocycles. The van der Waals surface area contributed by atoms with Crippen LogP contribution in [0.15, 0.2) is 30.8 Å². The smallest absolute Gasteiger partial charge is 0.328 e. The standard InChI is InChI=1S/C13H13ClN2O3.C9H6BrClFN/c1-4-8-9(5-6-10(15-3)11(8)14)16-12(7(2)17)13(18)19;1-13-8-3-2-7(12)6(4-5-10)9(8)11/h4-7,12,16-17H,1H2,2H3,(H,18,19);2-3H,4-5H2/t7?,12-;/m1./s1. The van der Waals surface area contributed by atoms with E-state index in [1.807, 2.05) is 0 Å². The molecule has 0 aromatic heterocycles. The molecule has 0 aliphatic rings. The van der Waals surface area contributed by atoms with Gasteiger partial charge >= 0.3 is 5.97 Å². The number of nitrogens with zero attached hydrogens (tertiary/aromatic N) is 2. The molecule has 0 bridgehead atoms. The quantitative estimate of drug-likeness (QED) is 0.267. The SMILES string of the molecule is [C-]#[N+]c1ccc(F)c(CCBr)c1Cl.[C-]#[N+]c1ccc(N[C@@H](C(=O)O)C(C)O)c(C=C)c1Cl. The summed E-state index contributed by atoms with van der Waals surface area (Å²) in [6, 6.07) is 4.51. The Kier molecular flexibility index (Phi) is 11.2. The predicted octanol–water partition coefficient (Wildman–Crippen LogP) is 6.75. The summed E-state index contributed by atoms with van der Waals surface area (Å²) in [4.78, 5) is 17.5. The molecule has 1 unspecified atom stereocenters. The molecule has 0 saturated heterocycles. The minimum Gasteiger partial charge on any atom is -0.480 e. The first-order chi connectivity index (χ1) is 15.1. The van der Waals surface area contributed by atoms with Gasteiger partial charge in [0.2, 0.25) is 11.4 Å². The lowest BCUT2D eigenvalue weighted by Crippen LogP contribution is -2.39. The van der Waals surface area contributed by atoms with Crippen molar-refractivity contribution in [3.8, 4) is 0 Å². The summed E-state index contributed by atoms with van der Waals surface area (Å²) < 4.78 is 13.1. The van der Waals surface area contributed by atoms with Crippen molar-refractivity contribution >= 4 is 68.2 Å². The third-order valence-corrected chi connectivity index (χ3v) is 5.39. The molecule has 0 radical (unpaired) electrons. The molecule has 0 aliphatic carbocycles. The van der Waals surface area contributed by atoms with E-state index in [0.717, 1.165) is 0 Å². The van der Waals surface area contributed by atoms with E-state index in [4.69, 9.17) is 41.5 Å². The molecule has 0 spiro atoms. The lowest BCUT2D eigenvalue weighted by atomic mass is 10.1. The molecule has 0 fully saturated rings. The average molecular weight is 543 g/mol. The minimum atomic E-state index is -1.18. The average Bonchev–Trinajstić information content (AvgIpc) is 2.75. The van der Waals surface area contributed by atoms with Crippen molar-refractivity contribution < 1.29 is 19.4 Å². The first-order valence-corrected chi connectivity index (χ1v) is 10.9. The molecule has 0 amide bonds. The molecule has 6 nitrogen and oxygen atoms in total. The van der Waals surface area contributed by atoms with Crippen LogP contribution in [-0.4, -0.2) is 33.7 Å². The molecular weight excluding hydrogens is 524 g/mol. The van der Waals surface area contributed by atoms with Gasteiger partial charge in [0.05, 0.1) is 29.3 Å². The van der Waals surface area contributed by atoms with Crippen molar-refractivity contribution in [1.29, 1.82) is 0 Å². The second kappa shape index (κ2) is 13.0. The van der Waals surface area contributed by atoms with Gasteiger partial charge < -0.3 is 15.5 Å². The number of carboxylic acid groups (broad SMARTS) is 1. The van der Waals surface area contributed by atoms with Crippen molar-refractivity contribution in [3.05, 3.63) is 80.7 Å². The fourth-order valence-electron chi connectivity index (χ4n) is 2.54. The Morgan fingerprint density at radius 2 is 1.81 bits per heavy atom. The number of hydrogen-bond donors (Lipinski definition) is 3. The Hall–Kier alpha value is -2.62.